The Labute approximate surface area is 170 Å². The fraction of sp³-hybridized carbons (Fsp3) is 0.304. The molecule has 150 valence electrons. The second kappa shape index (κ2) is 8.39. The van der Waals surface area contributed by atoms with Gasteiger partial charge in [-0.1, -0.05) is 30.3 Å². The maximum atomic E-state index is 12.6. The molecule has 3 aromatic rings. The van der Waals surface area contributed by atoms with Crippen LogP contribution in [0.3, 0.4) is 0 Å². The van der Waals surface area contributed by atoms with Gasteiger partial charge in [0, 0.05) is 37.8 Å². The van der Waals surface area contributed by atoms with E-state index >= 15 is 0 Å². The molecule has 4 rings (SSSR count). The Kier molecular flexibility index (Phi) is 5.51. The van der Waals surface area contributed by atoms with Crippen molar-refractivity contribution < 1.29 is 14.3 Å². The minimum absolute atomic E-state index is 0.0477. The van der Waals surface area contributed by atoms with E-state index in [1.54, 1.807) is 12.0 Å². The zero-order valence-corrected chi connectivity index (χ0v) is 16.5. The number of aromatic nitrogens is 1. The average molecular weight is 391 g/mol. The third-order valence-electron chi connectivity index (χ3n) is 5.43. The number of ether oxygens (including phenoxy) is 1. The molecule has 0 bridgehead atoms. The molecule has 1 saturated heterocycles. The van der Waals surface area contributed by atoms with Crippen molar-refractivity contribution in [1.29, 1.82) is 0 Å². The lowest BCUT2D eigenvalue weighted by atomic mass is 10.1. The molecule has 0 saturated carbocycles. The summed E-state index contributed by atoms with van der Waals surface area (Å²) < 4.78 is 7.55. The first-order chi connectivity index (χ1) is 14.2. The second-order valence-electron chi connectivity index (χ2n) is 7.29. The van der Waals surface area contributed by atoms with E-state index in [9.17, 15) is 9.59 Å². The number of amides is 2. The molecule has 1 fully saturated rings. The molecule has 1 aromatic heterocycles. The molecule has 1 aliphatic rings. The number of rotatable bonds is 7. The van der Waals surface area contributed by atoms with E-state index in [2.05, 4.69) is 34.3 Å². The van der Waals surface area contributed by atoms with Gasteiger partial charge in [-0.3, -0.25) is 9.59 Å². The monoisotopic (exact) mass is 391 g/mol. The summed E-state index contributed by atoms with van der Waals surface area (Å²) in [5.41, 5.74) is 1.92. The van der Waals surface area contributed by atoms with Crippen LogP contribution in [0, 0.1) is 5.92 Å². The van der Waals surface area contributed by atoms with Crippen molar-refractivity contribution in [2.24, 2.45) is 5.92 Å². The number of aryl methyl sites for hydroxylation is 1. The van der Waals surface area contributed by atoms with Crippen LogP contribution in [0.4, 0.5) is 5.69 Å². The molecule has 0 spiro atoms. The van der Waals surface area contributed by atoms with Crippen molar-refractivity contribution in [3.8, 4) is 5.75 Å². The molecule has 2 aromatic carbocycles. The number of carbonyl (C=O) groups excluding carboxylic acids is 2. The van der Waals surface area contributed by atoms with Crippen LogP contribution in [0.5, 0.6) is 5.75 Å². The first kappa shape index (κ1) is 19.1. The maximum absolute atomic E-state index is 12.6. The number of hydrogen-bond donors (Lipinski definition) is 1. The number of carbonyl (C=O) groups is 2. The van der Waals surface area contributed by atoms with Crippen molar-refractivity contribution in [3.63, 3.8) is 0 Å². The topological polar surface area (TPSA) is 63.6 Å². The van der Waals surface area contributed by atoms with Gasteiger partial charge in [0.05, 0.1) is 18.7 Å². The van der Waals surface area contributed by atoms with Crippen molar-refractivity contribution in [3.05, 3.63) is 60.8 Å². The molecule has 0 aliphatic carbocycles. The largest absolute Gasteiger partial charge is 0.495 e. The number of nitrogens with one attached hydrogen (secondary N) is 1. The average Bonchev–Trinajstić information content (AvgIpc) is 3.34. The number of nitrogens with zero attached hydrogens (tertiary/aromatic N) is 2. The zero-order chi connectivity index (χ0) is 20.2. The first-order valence-corrected chi connectivity index (χ1v) is 9.92. The molecular formula is C23H25N3O3. The lowest BCUT2D eigenvalue weighted by molar-refractivity contribution is -0.126. The molecule has 6 heteroatoms. The number of fused-ring (bicyclic) bond motifs is 1. The van der Waals surface area contributed by atoms with Crippen LogP contribution >= 0.6 is 0 Å². The van der Waals surface area contributed by atoms with Gasteiger partial charge in [-0.25, -0.2) is 0 Å². The highest BCUT2D eigenvalue weighted by Gasteiger charge is 2.36. The summed E-state index contributed by atoms with van der Waals surface area (Å²) in [6, 6.07) is 17.8. The fourth-order valence-electron chi connectivity index (χ4n) is 3.91. The van der Waals surface area contributed by atoms with Gasteiger partial charge in [-0.2, -0.15) is 0 Å². The highest BCUT2D eigenvalue weighted by Crippen LogP contribution is 2.32. The number of methoxy groups -OCH3 is 1. The Balaban J connectivity index is 1.30. The predicted molar refractivity (Wildman–Crippen MR) is 113 cm³/mol. The maximum Gasteiger partial charge on any atom is 0.227 e. The van der Waals surface area contributed by atoms with Crippen LogP contribution in [-0.4, -0.2) is 36.6 Å². The van der Waals surface area contributed by atoms with E-state index in [1.165, 1.54) is 10.9 Å². The van der Waals surface area contributed by atoms with Crippen LogP contribution < -0.4 is 15.0 Å². The summed E-state index contributed by atoms with van der Waals surface area (Å²) in [6.45, 7) is 1.81. The van der Waals surface area contributed by atoms with Crippen molar-refractivity contribution in [1.82, 2.24) is 9.88 Å². The highest BCUT2D eigenvalue weighted by atomic mass is 16.5. The summed E-state index contributed by atoms with van der Waals surface area (Å²) in [5.74, 6) is 0.197. The van der Waals surface area contributed by atoms with Gasteiger partial charge in [0.1, 0.15) is 5.75 Å². The number of para-hydroxylation sites is 3. The van der Waals surface area contributed by atoms with Gasteiger partial charge in [0.2, 0.25) is 11.8 Å². The minimum Gasteiger partial charge on any atom is -0.495 e. The molecule has 1 unspecified atom stereocenters. The minimum atomic E-state index is -0.333. The van der Waals surface area contributed by atoms with Gasteiger partial charge in [0.15, 0.2) is 0 Å². The normalized spacial score (nSPS) is 16.4. The molecule has 1 N–H and O–H groups in total. The van der Waals surface area contributed by atoms with E-state index in [-0.39, 0.29) is 24.2 Å². The van der Waals surface area contributed by atoms with Crippen molar-refractivity contribution >= 4 is 28.4 Å². The van der Waals surface area contributed by atoms with Crippen LogP contribution in [0.1, 0.15) is 12.8 Å². The lowest BCUT2D eigenvalue weighted by Crippen LogP contribution is -2.33. The van der Waals surface area contributed by atoms with E-state index in [4.69, 9.17) is 4.74 Å². The number of benzene rings is 2. The van der Waals surface area contributed by atoms with Crippen LogP contribution in [0.15, 0.2) is 60.8 Å². The molecular weight excluding hydrogens is 366 g/mol. The van der Waals surface area contributed by atoms with E-state index in [1.807, 2.05) is 36.4 Å². The molecule has 1 aliphatic heterocycles. The Bertz CT molecular complexity index is 1030. The quantitative estimate of drug-likeness (QED) is 0.629. The van der Waals surface area contributed by atoms with E-state index in [0.717, 1.165) is 18.7 Å². The van der Waals surface area contributed by atoms with Gasteiger partial charge < -0.3 is 19.5 Å². The standard InChI is InChI=1S/C23H25N3O3/c1-29-21-10-5-4-9-20(21)26-16-18(15-22(26)27)23(28)24-12-6-13-25-14-11-17-7-2-3-8-19(17)25/h2-5,7-11,14,18H,6,12-13,15-16H2,1H3,(H,24,28). The van der Waals surface area contributed by atoms with Crippen molar-refractivity contribution in [2.45, 2.75) is 19.4 Å². The molecule has 29 heavy (non-hydrogen) atoms. The Morgan fingerprint density at radius 2 is 1.93 bits per heavy atom. The first-order valence-electron chi connectivity index (χ1n) is 9.92. The van der Waals surface area contributed by atoms with Crippen LogP contribution in [0.25, 0.3) is 10.9 Å². The SMILES string of the molecule is COc1ccccc1N1CC(C(=O)NCCCn2ccc3ccccc32)CC1=O. The molecule has 0 radical (unpaired) electrons. The van der Waals surface area contributed by atoms with E-state index < -0.39 is 0 Å². The van der Waals surface area contributed by atoms with Gasteiger partial charge >= 0.3 is 0 Å². The fourth-order valence-corrected chi connectivity index (χ4v) is 3.91. The molecule has 2 amide bonds. The molecule has 2 heterocycles. The van der Waals surface area contributed by atoms with Gasteiger partial charge in [0.25, 0.3) is 0 Å². The van der Waals surface area contributed by atoms with Gasteiger partial charge in [-0.05, 0) is 36.1 Å². The summed E-state index contributed by atoms with van der Waals surface area (Å²) in [5, 5.41) is 4.21. The summed E-state index contributed by atoms with van der Waals surface area (Å²) in [4.78, 5) is 26.7. The zero-order valence-electron chi connectivity index (χ0n) is 16.5. The highest BCUT2D eigenvalue weighted by molar-refractivity contribution is 6.01. The molecule has 1 atom stereocenters. The third kappa shape index (κ3) is 3.97. The third-order valence-corrected chi connectivity index (χ3v) is 5.43. The summed E-state index contributed by atoms with van der Waals surface area (Å²) in [6.07, 6.45) is 3.14. The Morgan fingerprint density at radius 3 is 2.79 bits per heavy atom. The van der Waals surface area contributed by atoms with Crippen LogP contribution in [0.2, 0.25) is 0 Å². The summed E-state index contributed by atoms with van der Waals surface area (Å²) in [7, 11) is 1.58. The van der Waals surface area contributed by atoms with Gasteiger partial charge in [-0.15, -0.1) is 0 Å². The number of hydrogen-bond acceptors (Lipinski definition) is 3. The number of anilines is 1. The summed E-state index contributed by atoms with van der Waals surface area (Å²) >= 11 is 0. The lowest BCUT2D eigenvalue weighted by Gasteiger charge is -2.19. The predicted octanol–water partition coefficient (Wildman–Crippen LogP) is 3.21. The van der Waals surface area contributed by atoms with Crippen molar-refractivity contribution in [2.75, 3.05) is 25.1 Å². The Morgan fingerprint density at radius 1 is 1.14 bits per heavy atom. The smallest absolute Gasteiger partial charge is 0.227 e. The Hall–Kier alpha value is -3.28. The second-order valence-corrected chi connectivity index (χ2v) is 7.29. The molecule has 6 nitrogen and oxygen atoms in total. The van der Waals surface area contributed by atoms with Crippen LogP contribution in [-0.2, 0) is 16.1 Å². The van der Waals surface area contributed by atoms with E-state index in [0.29, 0.717) is 18.8 Å².